The highest BCUT2D eigenvalue weighted by Gasteiger charge is 2.32. The lowest BCUT2D eigenvalue weighted by Crippen LogP contribution is -2.40. The van der Waals surface area contributed by atoms with Crippen molar-refractivity contribution in [3.63, 3.8) is 0 Å². The van der Waals surface area contributed by atoms with Crippen LogP contribution >= 0.6 is 0 Å². The Morgan fingerprint density at radius 1 is 1.40 bits per heavy atom. The summed E-state index contributed by atoms with van der Waals surface area (Å²) in [6.07, 6.45) is 1.25. The second-order valence-corrected chi connectivity index (χ2v) is 6.67. The molecular weight excluding hydrogens is 286 g/mol. The van der Waals surface area contributed by atoms with Gasteiger partial charge in [-0.3, -0.25) is 0 Å². The van der Waals surface area contributed by atoms with Crippen LogP contribution < -0.4 is 0 Å². The van der Waals surface area contributed by atoms with E-state index in [1.165, 1.54) is 18.3 Å². The summed E-state index contributed by atoms with van der Waals surface area (Å²) < 4.78 is 36.5. The number of carbonyl (C=O) groups is 1. The summed E-state index contributed by atoms with van der Waals surface area (Å²) in [7, 11) is -2.26. The van der Waals surface area contributed by atoms with Crippen LogP contribution in [0, 0.1) is 6.92 Å². The first-order valence-electron chi connectivity index (χ1n) is 6.23. The molecule has 0 aliphatic carbocycles. The van der Waals surface area contributed by atoms with Crippen LogP contribution in [0.1, 0.15) is 29.2 Å². The van der Waals surface area contributed by atoms with Gasteiger partial charge in [0.2, 0.25) is 15.8 Å². The van der Waals surface area contributed by atoms with Crippen molar-refractivity contribution in [3.8, 4) is 0 Å². The number of hydrogen-bond acceptors (Lipinski definition) is 5. The highest BCUT2D eigenvalue weighted by atomic mass is 32.2. The highest BCUT2D eigenvalue weighted by Crippen LogP contribution is 2.26. The van der Waals surface area contributed by atoms with Crippen molar-refractivity contribution in [2.45, 2.75) is 30.7 Å². The van der Waals surface area contributed by atoms with E-state index in [1.807, 2.05) is 0 Å². The fraction of sp³-hybridized carbons (Fsp3) is 0.583. The molecule has 1 saturated heterocycles. The summed E-state index contributed by atoms with van der Waals surface area (Å²) in [5, 5.41) is 8.86. The summed E-state index contributed by atoms with van der Waals surface area (Å²) in [4.78, 5) is 10.8. The van der Waals surface area contributed by atoms with Crippen molar-refractivity contribution >= 4 is 16.0 Å². The van der Waals surface area contributed by atoms with E-state index in [2.05, 4.69) is 0 Å². The molecule has 0 atom stereocenters. The maximum atomic E-state index is 12.5. The Balaban J connectivity index is 2.31. The van der Waals surface area contributed by atoms with Gasteiger partial charge in [-0.1, -0.05) is 0 Å². The molecule has 1 aliphatic rings. The van der Waals surface area contributed by atoms with Gasteiger partial charge < -0.3 is 14.3 Å². The molecule has 1 fully saturated rings. The standard InChI is InChI=1S/C12H17NO6S/c1-8-11(7-10(19-8)12(14)15)20(16,17)13(2)9-3-5-18-6-4-9/h7,9H,3-6H2,1-2H3,(H,14,15). The monoisotopic (exact) mass is 303 g/mol. The molecule has 0 aromatic carbocycles. The Labute approximate surface area is 117 Å². The Hall–Kier alpha value is -1.38. The number of aryl methyl sites for hydroxylation is 1. The molecule has 0 spiro atoms. The van der Waals surface area contributed by atoms with Crippen LogP contribution in [0.15, 0.2) is 15.4 Å². The van der Waals surface area contributed by atoms with Gasteiger partial charge in [-0.25, -0.2) is 13.2 Å². The van der Waals surface area contributed by atoms with E-state index in [-0.39, 0.29) is 22.5 Å². The van der Waals surface area contributed by atoms with E-state index in [0.717, 1.165) is 6.07 Å². The lowest BCUT2D eigenvalue weighted by molar-refractivity contribution is 0.0631. The molecular formula is C12H17NO6S. The van der Waals surface area contributed by atoms with E-state index >= 15 is 0 Å². The van der Waals surface area contributed by atoms with Gasteiger partial charge in [-0.2, -0.15) is 4.31 Å². The molecule has 7 nitrogen and oxygen atoms in total. The molecule has 1 N–H and O–H groups in total. The van der Waals surface area contributed by atoms with Gasteiger partial charge >= 0.3 is 5.97 Å². The second-order valence-electron chi connectivity index (χ2n) is 4.70. The van der Waals surface area contributed by atoms with Crippen LogP contribution in [0.25, 0.3) is 0 Å². The van der Waals surface area contributed by atoms with Gasteiger partial charge in [0.15, 0.2) is 0 Å². The fourth-order valence-electron chi connectivity index (χ4n) is 2.23. The normalized spacial score (nSPS) is 17.6. The van der Waals surface area contributed by atoms with Crippen LogP contribution in [-0.2, 0) is 14.8 Å². The molecule has 0 radical (unpaired) electrons. The number of aromatic carboxylic acids is 1. The van der Waals surface area contributed by atoms with Crippen molar-refractivity contribution in [2.75, 3.05) is 20.3 Å². The number of hydrogen-bond donors (Lipinski definition) is 1. The smallest absolute Gasteiger partial charge is 0.371 e. The lowest BCUT2D eigenvalue weighted by atomic mass is 10.1. The van der Waals surface area contributed by atoms with Gasteiger partial charge in [0.25, 0.3) is 0 Å². The Bertz CT molecular complexity index is 599. The van der Waals surface area contributed by atoms with Crippen molar-refractivity contribution in [1.82, 2.24) is 4.31 Å². The maximum Gasteiger partial charge on any atom is 0.371 e. The van der Waals surface area contributed by atoms with E-state index in [0.29, 0.717) is 26.1 Å². The van der Waals surface area contributed by atoms with Crippen LogP contribution in [0.5, 0.6) is 0 Å². The fourth-order valence-corrected chi connectivity index (χ4v) is 3.80. The van der Waals surface area contributed by atoms with Crippen LogP contribution in [-0.4, -0.2) is 50.1 Å². The zero-order chi connectivity index (χ0) is 14.9. The molecule has 2 heterocycles. The minimum absolute atomic E-state index is 0.0845. The number of carboxylic acids is 1. The number of furan rings is 1. The molecule has 8 heteroatoms. The summed E-state index contributed by atoms with van der Waals surface area (Å²) in [6, 6.07) is 0.916. The number of carboxylic acid groups (broad SMARTS) is 1. The molecule has 112 valence electrons. The third kappa shape index (κ3) is 2.72. The average molecular weight is 303 g/mol. The van der Waals surface area contributed by atoms with Gasteiger partial charge in [0.1, 0.15) is 10.7 Å². The zero-order valence-electron chi connectivity index (χ0n) is 11.3. The molecule has 0 saturated carbocycles. The van der Waals surface area contributed by atoms with Crippen molar-refractivity contribution in [1.29, 1.82) is 0 Å². The molecule has 0 amide bonds. The molecule has 2 rings (SSSR count). The first kappa shape index (κ1) is 15.0. The number of rotatable bonds is 4. The zero-order valence-corrected chi connectivity index (χ0v) is 12.1. The first-order valence-corrected chi connectivity index (χ1v) is 7.67. The SMILES string of the molecule is Cc1oc(C(=O)O)cc1S(=O)(=O)N(C)C1CCOCC1. The largest absolute Gasteiger partial charge is 0.475 e. The van der Waals surface area contributed by atoms with Crippen LogP contribution in [0.4, 0.5) is 0 Å². The Morgan fingerprint density at radius 2 is 2.00 bits per heavy atom. The number of sulfonamides is 1. The molecule has 0 bridgehead atoms. The Kier molecular flexibility index (Phi) is 4.17. The third-order valence-electron chi connectivity index (χ3n) is 3.45. The average Bonchev–Trinajstić information content (AvgIpc) is 2.82. The predicted octanol–water partition coefficient (Wildman–Crippen LogP) is 1.09. The van der Waals surface area contributed by atoms with Gasteiger partial charge in [0, 0.05) is 32.4 Å². The van der Waals surface area contributed by atoms with Crippen molar-refractivity contribution < 1.29 is 27.5 Å². The van der Waals surface area contributed by atoms with Crippen LogP contribution in [0.3, 0.4) is 0 Å². The number of nitrogens with zero attached hydrogens (tertiary/aromatic N) is 1. The van der Waals surface area contributed by atoms with E-state index < -0.39 is 16.0 Å². The van der Waals surface area contributed by atoms with Crippen LogP contribution in [0.2, 0.25) is 0 Å². The van der Waals surface area contributed by atoms with E-state index in [9.17, 15) is 13.2 Å². The minimum atomic E-state index is -3.76. The first-order chi connectivity index (χ1) is 9.34. The third-order valence-corrected chi connectivity index (χ3v) is 5.46. The van der Waals surface area contributed by atoms with Gasteiger partial charge in [-0.05, 0) is 19.8 Å². The molecule has 1 aliphatic heterocycles. The van der Waals surface area contributed by atoms with Crippen molar-refractivity contribution in [3.05, 3.63) is 17.6 Å². The Morgan fingerprint density at radius 3 is 2.50 bits per heavy atom. The summed E-state index contributed by atoms with van der Waals surface area (Å²) in [6.45, 7) is 2.49. The topological polar surface area (TPSA) is 97.0 Å². The van der Waals surface area contributed by atoms with Gasteiger partial charge in [-0.15, -0.1) is 0 Å². The molecule has 1 aromatic heterocycles. The summed E-state index contributed by atoms with van der Waals surface area (Å²) in [5.41, 5.74) is 0. The lowest BCUT2D eigenvalue weighted by Gasteiger charge is -2.30. The minimum Gasteiger partial charge on any atom is -0.475 e. The maximum absolute atomic E-state index is 12.5. The van der Waals surface area contributed by atoms with E-state index in [4.69, 9.17) is 14.3 Å². The molecule has 1 aromatic rings. The summed E-state index contributed by atoms with van der Waals surface area (Å²) >= 11 is 0. The van der Waals surface area contributed by atoms with Gasteiger partial charge in [0.05, 0.1) is 0 Å². The molecule has 0 unspecified atom stereocenters. The summed E-state index contributed by atoms with van der Waals surface area (Å²) in [5.74, 6) is -1.58. The highest BCUT2D eigenvalue weighted by molar-refractivity contribution is 7.89. The predicted molar refractivity (Wildman–Crippen MR) is 69.2 cm³/mol. The molecule has 20 heavy (non-hydrogen) atoms. The van der Waals surface area contributed by atoms with Crippen molar-refractivity contribution in [2.24, 2.45) is 0 Å². The number of ether oxygens (including phenoxy) is 1. The van der Waals surface area contributed by atoms with E-state index in [1.54, 1.807) is 0 Å². The quantitative estimate of drug-likeness (QED) is 0.894. The second kappa shape index (κ2) is 5.55.